The number of benzene rings is 1. The highest BCUT2D eigenvalue weighted by Crippen LogP contribution is 2.41. The number of carbonyl (C=O) groups excluding carboxylic acids is 1. The van der Waals surface area contributed by atoms with Gasteiger partial charge in [-0.3, -0.25) is 4.79 Å². The van der Waals surface area contributed by atoms with Crippen LogP contribution in [-0.4, -0.2) is 20.0 Å². The summed E-state index contributed by atoms with van der Waals surface area (Å²) in [6, 6.07) is 6.26. The first kappa shape index (κ1) is 21.7. The van der Waals surface area contributed by atoms with Gasteiger partial charge in [-0.05, 0) is 53.7 Å². The van der Waals surface area contributed by atoms with Gasteiger partial charge in [0.15, 0.2) is 0 Å². The highest BCUT2D eigenvalue weighted by Gasteiger charge is 2.41. The second-order valence-corrected chi connectivity index (χ2v) is 14.6. The minimum atomic E-state index is -1.76. The average Bonchev–Trinajstić information content (AvgIpc) is 2.54. The van der Waals surface area contributed by atoms with Gasteiger partial charge in [0.2, 0.25) is 5.91 Å². The summed E-state index contributed by atoms with van der Waals surface area (Å²) in [7, 11) is -1.76. The molecule has 0 bridgehead atoms. The van der Waals surface area contributed by atoms with Gasteiger partial charge in [-0.1, -0.05) is 47.5 Å². The molecule has 2 N–H and O–H groups in total. The lowest BCUT2D eigenvalue weighted by Gasteiger charge is -2.38. The van der Waals surface area contributed by atoms with Gasteiger partial charge in [0.05, 0.1) is 0 Å². The van der Waals surface area contributed by atoms with Crippen molar-refractivity contribution in [3.8, 4) is 11.5 Å². The molecule has 0 saturated heterocycles. The molecule has 3 nitrogen and oxygen atoms in total. The minimum absolute atomic E-state index is 0.0466. The monoisotopic (exact) mass is 384 g/mol. The number of hydrogen-bond acceptors (Lipinski definition) is 2. The Morgan fingerprint density at radius 3 is 2.19 bits per heavy atom. The topological polar surface area (TPSA) is 46.3 Å². The summed E-state index contributed by atoms with van der Waals surface area (Å²) in [5, 5.41) is 0. The van der Waals surface area contributed by atoms with E-state index in [1.165, 1.54) is 0 Å². The van der Waals surface area contributed by atoms with Gasteiger partial charge in [0.1, 0.15) is 8.07 Å². The Balaban J connectivity index is 2.51. The molecule has 1 heterocycles. The molecule has 1 aliphatic rings. The van der Waals surface area contributed by atoms with Gasteiger partial charge < -0.3 is 10.6 Å². The zero-order valence-electron chi connectivity index (χ0n) is 18.3. The SMILES string of the molecule is CC(=O)N1c2ccc(C#C[Si](C(C)C)(C(C)C)C(C)C)cc2[C@H](N)C[C@@H]1C. The highest BCUT2D eigenvalue weighted by molar-refractivity contribution is 6.90. The van der Waals surface area contributed by atoms with Crippen molar-refractivity contribution in [2.45, 2.75) is 90.5 Å². The van der Waals surface area contributed by atoms with E-state index < -0.39 is 8.07 Å². The smallest absolute Gasteiger partial charge is 0.224 e. The molecular weight excluding hydrogens is 348 g/mol. The average molecular weight is 385 g/mol. The van der Waals surface area contributed by atoms with Crippen molar-refractivity contribution in [2.75, 3.05) is 4.90 Å². The number of anilines is 1. The fourth-order valence-corrected chi connectivity index (χ4v) is 10.3. The third-order valence-corrected chi connectivity index (χ3v) is 12.6. The van der Waals surface area contributed by atoms with Gasteiger partial charge in [-0.25, -0.2) is 0 Å². The maximum absolute atomic E-state index is 12.1. The molecule has 1 aromatic rings. The number of hydrogen-bond donors (Lipinski definition) is 1. The summed E-state index contributed by atoms with van der Waals surface area (Å²) in [4.78, 5) is 14.0. The third-order valence-electron chi connectivity index (χ3n) is 6.35. The zero-order chi connectivity index (χ0) is 20.5. The van der Waals surface area contributed by atoms with Crippen molar-refractivity contribution in [3.05, 3.63) is 29.3 Å². The molecule has 0 fully saturated rings. The summed E-state index contributed by atoms with van der Waals surface area (Å²) < 4.78 is 0. The van der Waals surface area contributed by atoms with Crippen LogP contribution in [0.5, 0.6) is 0 Å². The largest absolute Gasteiger partial charge is 0.324 e. The van der Waals surface area contributed by atoms with Crippen molar-refractivity contribution in [2.24, 2.45) is 5.73 Å². The standard InChI is InChI=1S/C23H36N2OSi/c1-15(2)27(16(3)4,17(5)6)12-11-20-9-10-23-21(14-20)22(24)13-18(7)25(23)19(8)26/h9-10,14-18,22H,13,24H2,1-8H3/t18-,22+/m0/s1. The second-order valence-electron chi connectivity index (χ2n) is 9.00. The molecule has 0 unspecified atom stereocenters. The number of nitrogens with two attached hydrogens (primary N) is 1. The molecule has 1 amide bonds. The van der Waals surface area contributed by atoms with Gasteiger partial charge in [-0.2, -0.15) is 0 Å². The molecule has 0 radical (unpaired) electrons. The van der Waals surface area contributed by atoms with Crippen molar-refractivity contribution in [3.63, 3.8) is 0 Å². The van der Waals surface area contributed by atoms with Crippen molar-refractivity contribution >= 4 is 19.7 Å². The van der Waals surface area contributed by atoms with Gasteiger partial charge in [0.25, 0.3) is 0 Å². The van der Waals surface area contributed by atoms with E-state index in [0.29, 0.717) is 16.6 Å². The van der Waals surface area contributed by atoms with Crippen LogP contribution in [0.4, 0.5) is 5.69 Å². The van der Waals surface area contributed by atoms with Gasteiger partial charge >= 0.3 is 0 Å². The number of amides is 1. The Bertz CT molecular complexity index is 736. The fraction of sp³-hybridized carbons (Fsp3) is 0.609. The number of fused-ring (bicyclic) bond motifs is 1. The molecule has 2 rings (SSSR count). The Labute approximate surface area is 166 Å². The van der Waals surface area contributed by atoms with E-state index in [2.05, 4.69) is 66.0 Å². The Morgan fingerprint density at radius 2 is 1.70 bits per heavy atom. The summed E-state index contributed by atoms with van der Waals surface area (Å²) in [6.07, 6.45) is 0.784. The summed E-state index contributed by atoms with van der Waals surface area (Å²) in [6.45, 7) is 17.7. The third kappa shape index (κ3) is 4.00. The second kappa shape index (κ2) is 8.20. The Morgan fingerprint density at radius 1 is 1.15 bits per heavy atom. The summed E-state index contributed by atoms with van der Waals surface area (Å²) in [5.41, 5.74) is 15.0. The van der Waals surface area contributed by atoms with Crippen molar-refractivity contribution in [1.82, 2.24) is 0 Å². The first-order valence-electron chi connectivity index (χ1n) is 10.2. The number of carbonyl (C=O) groups is 1. The van der Waals surface area contributed by atoms with E-state index in [4.69, 9.17) is 5.73 Å². The van der Waals surface area contributed by atoms with Crippen molar-refractivity contribution < 1.29 is 4.79 Å². The van der Waals surface area contributed by atoms with Gasteiger partial charge in [0, 0.05) is 30.3 Å². The van der Waals surface area contributed by atoms with Crippen LogP contribution in [0.1, 0.15) is 79.0 Å². The Kier molecular flexibility index (Phi) is 6.60. The van der Waals surface area contributed by atoms with E-state index in [1.54, 1.807) is 6.92 Å². The first-order chi connectivity index (χ1) is 12.5. The van der Waals surface area contributed by atoms with E-state index in [0.717, 1.165) is 23.2 Å². The van der Waals surface area contributed by atoms with Crippen molar-refractivity contribution in [1.29, 1.82) is 0 Å². The maximum atomic E-state index is 12.1. The van der Waals surface area contributed by atoms with Crippen LogP contribution in [0.2, 0.25) is 16.6 Å². The van der Waals surface area contributed by atoms with Crippen LogP contribution < -0.4 is 10.6 Å². The van der Waals surface area contributed by atoms with E-state index >= 15 is 0 Å². The van der Waals surface area contributed by atoms with Gasteiger partial charge in [-0.15, -0.1) is 5.54 Å². The lowest BCUT2D eigenvalue weighted by Crippen LogP contribution is -2.43. The molecule has 0 aliphatic carbocycles. The molecule has 1 aromatic carbocycles. The lowest BCUT2D eigenvalue weighted by molar-refractivity contribution is -0.117. The normalized spacial score (nSPS) is 19.9. The van der Waals surface area contributed by atoms with Crippen LogP contribution in [0, 0.1) is 11.5 Å². The quantitative estimate of drug-likeness (QED) is 0.560. The minimum Gasteiger partial charge on any atom is -0.324 e. The summed E-state index contributed by atoms with van der Waals surface area (Å²) in [5.74, 6) is 3.58. The molecule has 0 saturated carbocycles. The van der Waals surface area contributed by atoms with Crippen LogP contribution in [0.15, 0.2) is 18.2 Å². The molecule has 2 atom stereocenters. The fourth-order valence-electron chi connectivity index (χ4n) is 5.08. The van der Waals surface area contributed by atoms with E-state index in [1.807, 2.05) is 17.0 Å². The predicted octanol–water partition coefficient (Wildman–Crippen LogP) is 5.40. The van der Waals surface area contributed by atoms with Crippen LogP contribution in [0.3, 0.4) is 0 Å². The van der Waals surface area contributed by atoms with E-state index in [9.17, 15) is 4.79 Å². The molecule has 4 heteroatoms. The van der Waals surface area contributed by atoms with Crippen LogP contribution in [0.25, 0.3) is 0 Å². The van der Waals surface area contributed by atoms with Crippen LogP contribution >= 0.6 is 0 Å². The van der Waals surface area contributed by atoms with E-state index in [-0.39, 0.29) is 18.0 Å². The molecule has 148 valence electrons. The molecular formula is C23H36N2OSi. The first-order valence-corrected chi connectivity index (χ1v) is 12.5. The Hall–Kier alpha value is -1.57. The molecule has 27 heavy (non-hydrogen) atoms. The zero-order valence-corrected chi connectivity index (χ0v) is 19.3. The van der Waals surface area contributed by atoms with Crippen LogP contribution in [-0.2, 0) is 4.79 Å². The molecule has 0 aromatic heterocycles. The lowest BCUT2D eigenvalue weighted by atomic mass is 9.91. The number of rotatable bonds is 3. The maximum Gasteiger partial charge on any atom is 0.224 e. The highest BCUT2D eigenvalue weighted by atomic mass is 28.3. The number of nitrogens with zero attached hydrogens (tertiary/aromatic N) is 1. The summed E-state index contributed by atoms with van der Waals surface area (Å²) >= 11 is 0. The molecule has 1 aliphatic heterocycles. The molecule has 0 spiro atoms. The predicted molar refractivity (Wildman–Crippen MR) is 119 cm³/mol.